The summed E-state index contributed by atoms with van der Waals surface area (Å²) in [5, 5.41) is 10.0. The highest BCUT2D eigenvalue weighted by molar-refractivity contribution is 5.93. The van der Waals surface area contributed by atoms with Crippen molar-refractivity contribution in [2.75, 3.05) is 7.11 Å². The van der Waals surface area contributed by atoms with E-state index in [1.54, 1.807) is 18.2 Å². The number of carbonyl (C=O) groups excluding carboxylic acids is 1. The van der Waals surface area contributed by atoms with E-state index in [4.69, 9.17) is 10.5 Å². The van der Waals surface area contributed by atoms with Crippen LogP contribution in [0.2, 0.25) is 0 Å². The number of nitrogens with two attached hydrogens (primary N) is 1. The van der Waals surface area contributed by atoms with Gasteiger partial charge in [0.1, 0.15) is 5.75 Å². The van der Waals surface area contributed by atoms with Crippen LogP contribution in [-0.4, -0.2) is 29.1 Å². The zero-order valence-electron chi connectivity index (χ0n) is 22.5. The number of primary amides is 1. The first-order chi connectivity index (χ1) is 18.9. The van der Waals surface area contributed by atoms with Crippen LogP contribution in [-0.2, 0) is 18.9 Å². The molecule has 0 aromatic heterocycles. The van der Waals surface area contributed by atoms with Crippen LogP contribution in [0.5, 0.6) is 5.75 Å². The highest BCUT2D eigenvalue weighted by atomic mass is 19.4. The second-order valence-corrected chi connectivity index (χ2v) is 9.78. The molecule has 0 saturated carbocycles. The van der Waals surface area contributed by atoms with Crippen LogP contribution in [0, 0.1) is 0 Å². The number of nitrogens with zero attached hydrogens (tertiary/aromatic N) is 1. The first-order valence-electron chi connectivity index (χ1n) is 12.3. The third kappa shape index (κ3) is 7.11. The van der Waals surface area contributed by atoms with Crippen LogP contribution in [0.25, 0.3) is 11.1 Å². The van der Waals surface area contributed by atoms with Gasteiger partial charge in [-0.1, -0.05) is 26.0 Å². The minimum atomic E-state index is -4.87. The number of amides is 2. The number of halogens is 6. The average Bonchev–Trinajstić information content (AvgIpc) is 2.89. The minimum absolute atomic E-state index is 0.0471. The van der Waals surface area contributed by atoms with Gasteiger partial charge >= 0.3 is 18.4 Å². The fourth-order valence-corrected chi connectivity index (χ4v) is 4.45. The number of hydrogen-bond acceptors (Lipinski definition) is 3. The molecule has 0 aliphatic rings. The summed E-state index contributed by atoms with van der Waals surface area (Å²) < 4.78 is 87.2. The number of alkyl halides is 6. The molecule has 0 fully saturated rings. The predicted octanol–water partition coefficient (Wildman–Crippen LogP) is 7.86. The molecule has 0 bridgehead atoms. The Hall–Kier alpha value is -4.22. The van der Waals surface area contributed by atoms with Gasteiger partial charge in [0.15, 0.2) is 0 Å². The number of carboxylic acid groups (broad SMARTS) is 1. The SMILES string of the molecule is COc1ccc(C(C)C)cc1-c1ccc(C(F)(F)F)cc1C(C)N(Cc1cc(C(N)=O)cc(C(F)(F)F)c1)C(=O)O. The van der Waals surface area contributed by atoms with Crippen LogP contribution in [0.1, 0.15) is 70.9 Å². The maximum Gasteiger partial charge on any atom is 0.416 e. The normalized spacial score (nSPS) is 12.8. The topological polar surface area (TPSA) is 92.9 Å². The number of benzene rings is 3. The van der Waals surface area contributed by atoms with Gasteiger partial charge in [-0.25, -0.2) is 4.79 Å². The Morgan fingerprint density at radius 3 is 2.02 bits per heavy atom. The lowest BCUT2D eigenvalue weighted by Gasteiger charge is -2.30. The molecular formula is C29H28F6N2O4. The second-order valence-electron chi connectivity index (χ2n) is 9.78. The van der Waals surface area contributed by atoms with Crippen molar-refractivity contribution in [3.8, 4) is 16.9 Å². The molecule has 41 heavy (non-hydrogen) atoms. The smallest absolute Gasteiger partial charge is 0.416 e. The van der Waals surface area contributed by atoms with Crippen LogP contribution < -0.4 is 10.5 Å². The van der Waals surface area contributed by atoms with Gasteiger partial charge in [-0.05, 0) is 77.6 Å². The molecule has 0 aliphatic carbocycles. The average molecular weight is 583 g/mol. The summed E-state index contributed by atoms with van der Waals surface area (Å²) in [6, 6.07) is 9.02. The molecule has 0 saturated heterocycles. The zero-order chi connectivity index (χ0) is 30.9. The fourth-order valence-electron chi connectivity index (χ4n) is 4.45. The van der Waals surface area contributed by atoms with E-state index in [1.807, 2.05) is 13.8 Å². The highest BCUT2D eigenvalue weighted by Gasteiger charge is 2.35. The molecule has 0 spiro atoms. The summed E-state index contributed by atoms with van der Waals surface area (Å²) in [6.45, 7) is 4.49. The van der Waals surface area contributed by atoms with Crippen molar-refractivity contribution in [1.29, 1.82) is 0 Å². The third-order valence-corrected chi connectivity index (χ3v) is 6.68. The van der Waals surface area contributed by atoms with Gasteiger partial charge in [0.2, 0.25) is 5.91 Å². The van der Waals surface area contributed by atoms with Gasteiger partial charge in [-0.3, -0.25) is 9.69 Å². The van der Waals surface area contributed by atoms with Crippen molar-refractivity contribution in [1.82, 2.24) is 4.90 Å². The molecule has 1 atom stereocenters. The minimum Gasteiger partial charge on any atom is -0.496 e. The molecule has 12 heteroatoms. The lowest BCUT2D eigenvalue weighted by atomic mass is 9.89. The van der Waals surface area contributed by atoms with Gasteiger partial charge < -0.3 is 15.6 Å². The summed E-state index contributed by atoms with van der Waals surface area (Å²) in [6.07, 6.45) is -11.2. The van der Waals surface area contributed by atoms with Gasteiger partial charge in [-0.2, -0.15) is 26.3 Å². The molecule has 220 valence electrons. The van der Waals surface area contributed by atoms with Gasteiger partial charge in [0, 0.05) is 17.7 Å². The molecule has 3 aromatic rings. The molecule has 0 aliphatic heterocycles. The van der Waals surface area contributed by atoms with E-state index in [1.165, 1.54) is 20.1 Å². The third-order valence-electron chi connectivity index (χ3n) is 6.68. The molecule has 1 unspecified atom stereocenters. The Bertz CT molecular complexity index is 1450. The van der Waals surface area contributed by atoms with Gasteiger partial charge in [0.25, 0.3) is 0 Å². The quantitative estimate of drug-likeness (QED) is 0.265. The fraction of sp³-hybridized carbons (Fsp3) is 0.310. The second kappa shape index (κ2) is 11.7. The van der Waals surface area contributed by atoms with E-state index in [0.717, 1.165) is 23.8 Å². The summed E-state index contributed by atoms with van der Waals surface area (Å²) in [5.41, 5.74) is 3.65. The molecular weight excluding hydrogens is 554 g/mol. The maximum atomic E-state index is 13.8. The number of ether oxygens (including phenoxy) is 1. The van der Waals surface area contributed by atoms with E-state index in [0.29, 0.717) is 28.3 Å². The van der Waals surface area contributed by atoms with E-state index >= 15 is 0 Å². The number of carbonyl (C=O) groups is 2. The Morgan fingerprint density at radius 2 is 1.51 bits per heavy atom. The molecule has 2 amide bonds. The first kappa shape index (κ1) is 31.3. The Morgan fingerprint density at radius 1 is 0.878 bits per heavy atom. The van der Waals surface area contributed by atoms with Crippen molar-refractivity contribution < 1.29 is 45.8 Å². The molecule has 3 rings (SSSR count). The maximum absolute atomic E-state index is 13.8. The lowest BCUT2D eigenvalue weighted by molar-refractivity contribution is -0.138. The van der Waals surface area contributed by atoms with Crippen LogP contribution in [0.15, 0.2) is 54.6 Å². The Labute approximate surface area is 232 Å². The van der Waals surface area contributed by atoms with Crippen LogP contribution in [0.4, 0.5) is 31.1 Å². The summed E-state index contributed by atoms with van der Waals surface area (Å²) in [5.74, 6) is -0.788. The van der Waals surface area contributed by atoms with E-state index in [2.05, 4.69) is 0 Å². The van der Waals surface area contributed by atoms with Crippen LogP contribution >= 0.6 is 0 Å². The van der Waals surface area contributed by atoms with Gasteiger partial charge in [-0.15, -0.1) is 0 Å². The van der Waals surface area contributed by atoms with Crippen LogP contribution in [0.3, 0.4) is 0 Å². The lowest BCUT2D eigenvalue weighted by Crippen LogP contribution is -2.32. The van der Waals surface area contributed by atoms with Crippen molar-refractivity contribution in [3.05, 3.63) is 88.0 Å². The van der Waals surface area contributed by atoms with E-state index in [-0.39, 0.29) is 22.6 Å². The van der Waals surface area contributed by atoms with Gasteiger partial charge in [0.05, 0.1) is 24.3 Å². The van der Waals surface area contributed by atoms with Crippen molar-refractivity contribution in [3.63, 3.8) is 0 Å². The summed E-state index contributed by atoms with van der Waals surface area (Å²) in [4.78, 5) is 24.8. The van der Waals surface area contributed by atoms with Crippen molar-refractivity contribution in [2.24, 2.45) is 5.73 Å². The zero-order valence-corrected chi connectivity index (χ0v) is 22.5. The van der Waals surface area contributed by atoms with E-state index in [9.17, 15) is 41.0 Å². The summed E-state index contributed by atoms with van der Waals surface area (Å²) in [7, 11) is 1.38. The van der Waals surface area contributed by atoms with Crippen molar-refractivity contribution in [2.45, 2.75) is 51.6 Å². The Balaban J connectivity index is 2.23. The molecule has 0 radical (unpaired) electrons. The Kier molecular flexibility index (Phi) is 8.95. The largest absolute Gasteiger partial charge is 0.496 e. The number of methoxy groups -OCH3 is 1. The van der Waals surface area contributed by atoms with Crippen molar-refractivity contribution >= 4 is 12.0 Å². The predicted molar refractivity (Wildman–Crippen MR) is 139 cm³/mol. The molecule has 3 aromatic carbocycles. The monoisotopic (exact) mass is 582 g/mol. The highest BCUT2D eigenvalue weighted by Crippen LogP contribution is 2.42. The first-order valence-corrected chi connectivity index (χ1v) is 12.3. The molecule has 0 heterocycles. The molecule has 6 nitrogen and oxygen atoms in total. The summed E-state index contributed by atoms with van der Waals surface area (Å²) >= 11 is 0. The molecule has 3 N–H and O–H groups in total. The standard InChI is InChI=1S/C29H28F6N2O4/c1-15(2)18-5-8-25(41-4)24(12-18)22-7-6-20(28(30,31)32)13-23(22)16(3)37(27(39)40)14-17-9-19(26(36)38)11-21(10-17)29(33,34)35/h5-13,15-16H,14H2,1-4H3,(H2,36,38)(H,39,40). The van der Waals surface area contributed by atoms with E-state index < -0.39 is 53.6 Å². The number of rotatable bonds is 8. The number of hydrogen-bond donors (Lipinski definition) is 2.